The van der Waals surface area contributed by atoms with Gasteiger partial charge in [-0.2, -0.15) is 15.0 Å². The number of rotatable bonds is 7. The lowest BCUT2D eigenvalue weighted by Crippen LogP contribution is -2.36. The first-order valence-electron chi connectivity index (χ1n) is 10.5. The molecule has 0 unspecified atom stereocenters. The number of halogens is 2. The van der Waals surface area contributed by atoms with Gasteiger partial charge in [-0.05, 0) is 56.3 Å². The Labute approximate surface area is 189 Å². The van der Waals surface area contributed by atoms with Crippen molar-refractivity contribution in [3.05, 3.63) is 65.5 Å². The second kappa shape index (κ2) is 9.86. The van der Waals surface area contributed by atoms with E-state index < -0.39 is 11.6 Å². The van der Waals surface area contributed by atoms with Crippen LogP contribution in [0.1, 0.15) is 29.0 Å². The van der Waals surface area contributed by atoms with Crippen LogP contribution in [0.15, 0.2) is 42.5 Å². The predicted octanol–water partition coefficient (Wildman–Crippen LogP) is 3.58. The lowest BCUT2D eigenvalue weighted by atomic mass is 9.88. The van der Waals surface area contributed by atoms with E-state index in [0.717, 1.165) is 18.2 Å². The van der Waals surface area contributed by atoms with Gasteiger partial charge >= 0.3 is 0 Å². The van der Waals surface area contributed by atoms with Crippen LogP contribution in [0.25, 0.3) is 0 Å². The average Bonchev–Trinajstić information content (AvgIpc) is 2.81. The number of nitrogens with two attached hydrogens (primary N) is 1. The van der Waals surface area contributed by atoms with Crippen molar-refractivity contribution in [2.24, 2.45) is 5.92 Å². The third-order valence-corrected chi connectivity index (χ3v) is 5.57. The number of likely N-dealkylation sites (tertiary alicyclic amines) is 1. The Hall–Kier alpha value is -3.66. The molecule has 1 aromatic heterocycles. The van der Waals surface area contributed by atoms with Gasteiger partial charge in [-0.1, -0.05) is 12.1 Å². The van der Waals surface area contributed by atoms with E-state index in [2.05, 4.69) is 25.2 Å². The Bertz CT molecular complexity index is 1150. The first-order valence-corrected chi connectivity index (χ1v) is 10.5. The molecule has 2 aromatic carbocycles. The van der Waals surface area contributed by atoms with Crippen LogP contribution in [0, 0.1) is 17.6 Å². The first kappa shape index (κ1) is 22.5. The zero-order valence-corrected chi connectivity index (χ0v) is 18.1. The van der Waals surface area contributed by atoms with Gasteiger partial charge in [0.2, 0.25) is 11.9 Å². The monoisotopic (exact) mass is 454 g/mol. The number of nitrogens with one attached hydrogen (secondary N) is 1. The van der Waals surface area contributed by atoms with E-state index >= 15 is 0 Å². The molecule has 172 valence electrons. The lowest BCUT2D eigenvalue weighted by Gasteiger charge is -2.30. The topological polar surface area (TPSA) is 106 Å². The number of aromatic nitrogens is 3. The summed E-state index contributed by atoms with van der Waals surface area (Å²) in [6.07, 6.45) is 1.06. The van der Waals surface area contributed by atoms with Crippen molar-refractivity contribution in [1.29, 1.82) is 0 Å². The molecule has 2 heterocycles. The zero-order valence-electron chi connectivity index (χ0n) is 18.1. The summed E-state index contributed by atoms with van der Waals surface area (Å²) in [7, 11) is 1.57. The Morgan fingerprint density at radius 3 is 2.67 bits per heavy atom. The van der Waals surface area contributed by atoms with Crippen LogP contribution in [-0.4, -0.2) is 45.8 Å². The lowest BCUT2D eigenvalue weighted by molar-refractivity contribution is 0.0828. The van der Waals surface area contributed by atoms with Crippen molar-refractivity contribution in [3.8, 4) is 5.75 Å². The van der Waals surface area contributed by atoms with Crippen LogP contribution in [-0.2, 0) is 6.54 Å². The van der Waals surface area contributed by atoms with Crippen molar-refractivity contribution >= 4 is 23.4 Å². The maximum atomic E-state index is 14.0. The maximum absolute atomic E-state index is 14.0. The molecule has 8 nitrogen and oxygen atoms in total. The molecule has 0 radical (unpaired) electrons. The highest BCUT2D eigenvalue weighted by Crippen LogP contribution is 2.27. The van der Waals surface area contributed by atoms with Gasteiger partial charge in [-0.3, -0.25) is 9.69 Å². The van der Waals surface area contributed by atoms with Gasteiger partial charge in [0.15, 0.2) is 5.78 Å². The molecular formula is C23H24F2N6O2. The Morgan fingerprint density at radius 1 is 1.15 bits per heavy atom. The summed E-state index contributed by atoms with van der Waals surface area (Å²) in [6.45, 7) is 1.60. The first-order chi connectivity index (χ1) is 15.9. The number of hydrogen-bond donors (Lipinski definition) is 2. The van der Waals surface area contributed by atoms with Crippen LogP contribution in [0.2, 0.25) is 0 Å². The predicted molar refractivity (Wildman–Crippen MR) is 119 cm³/mol. The number of nitrogen functional groups attached to an aromatic ring is 1. The van der Waals surface area contributed by atoms with Gasteiger partial charge in [-0.25, -0.2) is 8.78 Å². The molecule has 0 saturated carbocycles. The minimum Gasteiger partial charge on any atom is -0.495 e. The molecular weight excluding hydrogens is 430 g/mol. The molecule has 4 rings (SSSR count). The summed E-state index contributed by atoms with van der Waals surface area (Å²) in [6, 6.07) is 10.3. The van der Waals surface area contributed by atoms with E-state index in [1.54, 1.807) is 7.11 Å². The van der Waals surface area contributed by atoms with Crippen molar-refractivity contribution in [2.45, 2.75) is 19.4 Å². The SMILES string of the molecule is COc1ccccc1Nc1nc(N)nc(CN2CCC(C(=O)c3cc(F)ccc3F)CC2)n1. The summed E-state index contributed by atoms with van der Waals surface area (Å²) in [5, 5.41) is 3.10. The number of nitrogens with zero attached hydrogens (tertiary/aromatic N) is 4. The fourth-order valence-corrected chi connectivity index (χ4v) is 3.89. The van der Waals surface area contributed by atoms with Gasteiger partial charge in [0, 0.05) is 5.92 Å². The number of ketones is 1. The van der Waals surface area contributed by atoms with Gasteiger partial charge in [-0.15, -0.1) is 0 Å². The number of carbonyl (C=O) groups excluding carboxylic acids is 1. The van der Waals surface area contributed by atoms with Crippen LogP contribution in [0.4, 0.5) is 26.4 Å². The third kappa shape index (κ3) is 5.40. The standard InChI is InChI=1S/C23H24F2N6O2/c1-33-19-5-3-2-4-18(19)27-23-29-20(28-22(26)30-23)13-31-10-8-14(9-11-31)21(32)16-12-15(24)6-7-17(16)25/h2-7,12,14H,8-11,13H2,1H3,(H3,26,27,28,29,30). The van der Waals surface area contributed by atoms with Gasteiger partial charge in [0.05, 0.1) is 24.9 Å². The van der Waals surface area contributed by atoms with Crippen LogP contribution in [0.5, 0.6) is 5.75 Å². The summed E-state index contributed by atoms with van der Waals surface area (Å²) in [5.41, 5.74) is 6.38. The molecule has 1 aliphatic rings. The molecule has 33 heavy (non-hydrogen) atoms. The number of anilines is 3. The summed E-state index contributed by atoms with van der Waals surface area (Å²) >= 11 is 0. The van der Waals surface area contributed by atoms with Crippen LogP contribution >= 0.6 is 0 Å². The number of hydrogen-bond acceptors (Lipinski definition) is 8. The highest BCUT2D eigenvalue weighted by Gasteiger charge is 2.28. The zero-order chi connectivity index (χ0) is 23.4. The van der Waals surface area contributed by atoms with E-state index in [4.69, 9.17) is 10.5 Å². The van der Waals surface area contributed by atoms with E-state index in [9.17, 15) is 13.6 Å². The Morgan fingerprint density at radius 2 is 1.91 bits per heavy atom. The molecule has 1 saturated heterocycles. The molecule has 1 fully saturated rings. The molecule has 3 N–H and O–H groups in total. The molecule has 0 atom stereocenters. The number of Topliss-reactive ketones (excluding diaryl/α,β-unsaturated/α-hetero) is 1. The average molecular weight is 454 g/mol. The largest absolute Gasteiger partial charge is 0.495 e. The summed E-state index contributed by atoms with van der Waals surface area (Å²) < 4.78 is 32.8. The van der Waals surface area contributed by atoms with Crippen molar-refractivity contribution in [2.75, 3.05) is 31.2 Å². The highest BCUT2D eigenvalue weighted by atomic mass is 19.1. The minimum absolute atomic E-state index is 0.0871. The number of piperidine rings is 1. The van der Waals surface area contributed by atoms with Crippen molar-refractivity contribution in [1.82, 2.24) is 19.9 Å². The smallest absolute Gasteiger partial charge is 0.232 e. The number of methoxy groups -OCH3 is 1. The highest BCUT2D eigenvalue weighted by molar-refractivity contribution is 5.98. The number of ether oxygens (including phenoxy) is 1. The molecule has 0 spiro atoms. The molecule has 1 aliphatic heterocycles. The molecule has 0 aliphatic carbocycles. The normalized spacial score (nSPS) is 14.8. The molecule has 0 bridgehead atoms. The minimum atomic E-state index is -0.695. The molecule has 3 aromatic rings. The number of benzene rings is 2. The second-order valence-electron chi connectivity index (χ2n) is 7.80. The van der Waals surface area contributed by atoms with Gasteiger partial charge < -0.3 is 15.8 Å². The summed E-state index contributed by atoms with van der Waals surface area (Å²) in [4.78, 5) is 27.6. The van der Waals surface area contributed by atoms with E-state index in [1.807, 2.05) is 24.3 Å². The Kier molecular flexibility index (Phi) is 6.74. The Balaban J connectivity index is 1.39. The van der Waals surface area contributed by atoms with Crippen LogP contribution in [0.3, 0.4) is 0 Å². The van der Waals surface area contributed by atoms with E-state index in [0.29, 0.717) is 55.7 Å². The molecule has 10 heteroatoms. The maximum Gasteiger partial charge on any atom is 0.232 e. The van der Waals surface area contributed by atoms with E-state index in [-0.39, 0.29) is 23.2 Å². The summed E-state index contributed by atoms with van der Waals surface area (Å²) in [5.74, 6) is -0.525. The fraction of sp³-hybridized carbons (Fsp3) is 0.304. The molecule has 0 amide bonds. The van der Waals surface area contributed by atoms with E-state index in [1.165, 1.54) is 0 Å². The van der Waals surface area contributed by atoms with Gasteiger partial charge in [0.25, 0.3) is 0 Å². The number of para-hydroxylation sites is 2. The van der Waals surface area contributed by atoms with Crippen molar-refractivity contribution < 1.29 is 18.3 Å². The van der Waals surface area contributed by atoms with Crippen molar-refractivity contribution in [3.63, 3.8) is 0 Å². The number of carbonyl (C=O) groups is 1. The van der Waals surface area contributed by atoms with Crippen LogP contribution < -0.4 is 15.8 Å². The van der Waals surface area contributed by atoms with Gasteiger partial charge in [0.1, 0.15) is 23.2 Å². The third-order valence-electron chi connectivity index (χ3n) is 5.57. The quantitative estimate of drug-likeness (QED) is 0.522. The second-order valence-corrected chi connectivity index (χ2v) is 7.80. The fourth-order valence-electron chi connectivity index (χ4n) is 3.89.